The number of hydrogen-bond donors (Lipinski definition) is 2. The Labute approximate surface area is 158 Å². The van der Waals surface area contributed by atoms with E-state index in [4.69, 9.17) is 5.11 Å². The van der Waals surface area contributed by atoms with Crippen LogP contribution in [0.3, 0.4) is 0 Å². The number of nitrogens with one attached hydrogen (secondary N) is 1. The summed E-state index contributed by atoms with van der Waals surface area (Å²) in [7, 11) is -3.35. The molecule has 0 bridgehead atoms. The van der Waals surface area contributed by atoms with Gasteiger partial charge in [-0.15, -0.1) is 6.58 Å². The fourth-order valence-electron chi connectivity index (χ4n) is 2.36. The Bertz CT molecular complexity index is 647. The van der Waals surface area contributed by atoms with Crippen LogP contribution in [0.2, 0.25) is 0 Å². The van der Waals surface area contributed by atoms with Crippen molar-refractivity contribution in [2.24, 2.45) is 5.92 Å². The van der Waals surface area contributed by atoms with Crippen LogP contribution in [0.15, 0.2) is 12.7 Å². The number of carboxylic acids is 1. The van der Waals surface area contributed by atoms with Gasteiger partial charge >= 0.3 is 5.97 Å². The zero-order valence-electron chi connectivity index (χ0n) is 15.9. The van der Waals surface area contributed by atoms with Crippen LogP contribution in [0.25, 0.3) is 0 Å². The first-order valence-corrected chi connectivity index (χ1v) is 11.0. The van der Waals surface area contributed by atoms with Gasteiger partial charge in [-0.2, -0.15) is 0 Å². The van der Waals surface area contributed by atoms with Crippen molar-refractivity contribution in [3.05, 3.63) is 12.7 Å². The molecule has 0 aromatic heterocycles. The highest BCUT2D eigenvalue weighted by molar-refractivity contribution is 7.88. The van der Waals surface area contributed by atoms with E-state index in [0.29, 0.717) is 6.42 Å². The van der Waals surface area contributed by atoms with E-state index in [2.05, 4.69) is 41.9 Å². The lowest BCUT2D eigenvalue weighted by atomic mass is 10.1. The molecular weight excluding hydrogens is 350 g/mol. The summed E-state index contributed by atoms with van der Waals surface area (Å²) in [5.74, 6) is 9.36. The van der Waals surface area contributed by atoms with E-state index in [0.717, 1.165) is 25.5 Å². The minimum Gasteiger partial charge on any atom is -0.481 e. The lowest BCUT2D eigenvalue weighted by Crippen LogP contribution is -2.32. The molecule has 0 aromatic carbocycles. The Kier molecular flexibility index (Phi) is 13.4. The largest absolute Gasteiger partial charge is 0.481 e. The van der Waals surface area contributed by atoms with Gasteiger partial charge < -0.3 is 5.11 Å². The van der Waals surface area contributed by atoms with Gasteiger partial charge in [-0.25, -0.2) is 13.1 Å². The van der Waals surface area contributed by atoms with Crippen molar-refractivity contribution in [1.82, 2.24) is 4.72 Å². The van der Waals surface area contributed by atoms with Crippen molar-refractivity contribution in [3.63, 3.8) is 0 Å². The smallest absolute Gasteiger partial charge is 0.304 e. The molecule has 0 rings (SSSR count). The van der Waals surface area contributed by atoms with Gasteiger partial charge in [0.2, 0.25) is 10.0 Å². The van der Waals surface area contributed by atoms with Crippen LogP contribution in [-0.2, 0) is 14.8 Å². The standard InChI is InChI=1S/C20H31NO4S/c1-4-6-7-8-9-10-11-15-19(21-26(3,24)25)16-13-12-14-18(5-2)17-20(22)23/h5,18-19,21H,2,4,6-11,15,17H2,1,3H3,(H,22,23)/t18-,19+/m0/s1. The number of hydrogen-bond acceptors (Lipinski definition) is 3. The molecule has 0 heterocycles. The molecule has 6 heteroatoms. The highest BCUT2D eigenvalue weighted by Gasteiger charge is 2.10. The topological polar surface area (TPSA) is 83.5 Å². The van der Waals surface area contributed by atoms with Crippen LogP contribution < -0.4 is 4.72 Å². The Morgan fingerprint density at radius 1 is 1.12 bits per heavy atom. The van der Waals surface area contributed by atoms with Gasteiger partial charge in [0.05, 0.1) is 18.7 Å². The van der Waals surface area contributed by atoms with Crippen LogP contribution in [0.5, 0.6) is 0 Å². The normalized spacial score (nSPS) is 12.8. The zero-order valence-corrected chi connectivity index (χ0v) is 16.7. The second kappa shape index (κ2) is 14.4. The van der Waals surface area contributed by atoms with E-state index in [1.807, 2.05) is 0 Å². The summed E-state index contributed by atoms with van der Waals surface area (Å²) >= 11 is 0. The van der Waals surface area contributed by atoms with E-state index in [-0.39, 0.29) is 6.42 Å². The molecule has 0 amide bonds. The van der Waals surface area contributed by atoms with E-state index in [9.17, 15) is 13.2 Å². The molecule has 2 atom stereocenters. The second-order valence-corrected chi connectivity index (χ2v) is 8.11. The van der Waals surface area contributed by atoms with Crippen molar-refractivity contribution < 1.29 is 18.3 Å². The van der Waals surface area contributed by atoms with Gasteiger partial charge in [0.15, 0.2) is 0 Å². The molecule has 0 unspecified atom stereocenters. The Hall–Kier alpha value is -1.76. The Morgan fingerprint density at radius 2 is 1.69 bits per heavy atom. The number of rotatable bonds is 13. The first-order chi connectivity index (χ1) is 12.3. The molecular formula is C20H31NO4S. The highest BCUT2D eigenvalue weighted by Crippen LogP contribution is 2.10. The third-order valence-corrected chi connectivity index (χ3v) is 4.41. The van der Waals surface area contributed by atoms with E-state index in [1.165, 1.54) is 31.8 Å². The first-order valence-electron chi connectivity index (χ1n) is 9.11. The lowest BCUT2D eigenvalue weighted by Gasteiger charge is -2.11. The number of aliphatic carboxylic acids is 1. The average Bonchev–Trinajstić information content (AvgIpc) is 2.54. The quantitative estimate of drug-likeness (QED) is 0.291. The SMILES string of the molecule is C=C[C@@H](C#CC#C[C@@H](CCCCCCCCC)NS(C)(=O)=O)CC(=O)O. The molecule has 0 spiro atoms. The van der Waals surface area contributed by atoms with Crippen LogP contribution in [-0.4, -0.2) is 31.8 Å². The number of carbonyl (C=O) groups is 1. The summed E-state index contributed by atoms with van der Waals surface area (Å²) in [5, 5.41) is 8.75. The molecule has 0 saturated carbocycles. The minimum absolute atomic E-state index is 0.124. The van der Waals surface area contributed by atoms with Gasteiger partial charge in [0.1, 0.15) is 0 Å². The molecule has 0 fully saturated rings. The summed E-state index contributed by atoms with van der Waals surface area (Å²) < 4.78 is 25.4. The predicted octanol–water partition coefficient (Wildman–Crippen LogP) is 3.33. The number of unbranched alkanes of at least 4 members (excludes halogenated alkanes) is 6. The minimum atomic E-state index is -3.35. The summed E-state index contributed by atoms with van der Waals surface area (Å²) in [6.07, 6.45) is 11.1. The number of sulfonamides is 1. The van der Waals surface area contributed by atoms with Crippen LogP contribution in [0.1, 0.15) is 64.7 Å². The summed E-state index contributed by atoms with van der Waals surface area (Å²) in [5.41, 5.74) is 0. The maximum absolute atomic E-state index is 11.5. The average molecular weight is 382 g/mol. The predicted molar refractivity (Wildman–Crippen MR) is 106 cm³/mol. The molecule has 26 heavy (non-hydrogen) atoms. The zero-order chi connectivity index (χ0) is 19.8. The molecule has 146 valence electrons. The highest BCUT2D eigenvalue weighted by atomic mass is 32.2. The molecule has 0 aliphatic carbocycles. The third-order valence-electron chi connectivity index (χ3n) is 3.70. The van der Waals surface area contributed by atoms with Crippen LogP contribution >= 0.6 is 0 Å². The van der Waals surface area contributed by atoms with Gasteiger partial charge in [-0.1, -0.05) is 69.8 Å². The fourth-order valence-corrected chi connectivity index (χ4v) is 3.05. The Morgan fingerprint density at radius 3 is 2.23 bits per heavy atom. The van der Waals surface area contributed by atoms with Crippen molar-refractivity contribution in [1.29, 1.82) is 0 Å². The van der Waals surface area contributed by atoms with Crippen molar-refractivity contribution in [3.8, 4) is 23.7 Å². The molecule has 2 N–H and O–H groups in total. The number of carboxylic acid groups (broad SMARTS) is 1. The molecule has 5 nitrogen and oxygen atoms in total. The Balaban J connectivity index is 4.57. The third kappa shape index (κ3) is 15.7. The number of allylic oxidation sites excluding steroid dienone is 1. The summed E-state index contributed by atoms with van der Waals surface area (Å²) in [6.45, 7) is 5.73. The van der Waals surface area contributed by atoms with E-state index in [1.54, 1.807) is 0 Å². The fraction of sp³-hybridized carbons (Fsp3) is 0.650. The molecule has 0 radical (unpaired) electrons. The monoisotopic (exact) mass is 381 g/mol. The summed E-state index contributed by atoms with van der Waals surface area (Å²) in [4.78, 5) is 10.7. The maximum Gasteiger partial charge on any atom is 0.304 e. The molecule has 0 aromatic rings. The van der Waals surface area contributed by atoms with Crippen LogP contribution in [0, 0.1) is 29.6 Å². The molecule has 0 aliphatic heterocycles. The summed E-state index contributed by atoms with van der Waals surface area (Å²) in [6, 6.07) is -0.475. The van der Waals surface area contributed by atoms with Crippen LogP contribution in [0.4, 0.5) is 0 Å². The van der Waals surface area contributed by atoms with Gasteiger partial charge in [0.25, 0.3) is 0 Å². The maximum atomic E-state index is 11.5. The van der Waals surface area contributed by atoms with E-state index >= 15 is 0 Å². The van der Waals surface area contributed by atoms with Gasteiger partial charge in [-0.3, -0.25) is 4.79 Å². The lowest BCUT2D eigenvalue weighted by molar-refractivity contribution is -0.137. The van der Waals surface area contributed by atoms with E-state index < -0.39 is 28.0 Å². The van der Waals surface area contributed by atoms with Crippen molar-refractivity contribution in [2.45, 2.75) is 70.8 Å². The first kappa shape index (κ1) is 24.2. The van der Waals surface area contributed by atoms with Gasteiger partial charge in [0, 0.05) is 5.92 Å². The second-order valence-electron chi connectivity index (χ2n) is 6.33. The molecule has 0 saturated heterocycles. The van der Waals surface area contributed by atoms with Crippen molar-refractivity contribution in [2.75, 3.05) is 6.26 Å². The van der Waals surface area contributed by atoms with Crippen molar-refractivity contribution >= 4 is 16.0 Å². The molecule has 0 aliphatic rings. The van der Waals surface area contributed by atoms with Gasteiger partial charge in [-0.05, 0) is 18.3 Å².